The molecule has 0 aliphatic carbocycles. The van der Waals surface area contributed by atoms with Gasteiger partial charge in [0.1, 0.15) is 0 Å². The van der Waals surface area contributed by atoms with Crippen molar-refractivity contribution in [2.24, 2.45) is 0 Å². The highest BCUT2D eigenvalue weighted by atomic mass is 32.1. The summed E-state index contributed by atoms with van der Waals surface area (Å²) < 4.78 is 0. The van der Waals surface area contributed by atoms with Gasteiger partial charge in [-0.2, -0.15) is 0 Å². The number of nitrogens with one attached hydrogen (secondary N) is 1. The highest BCUT2D eigenvalue weighted by molar-refractivity contribution is 7.19. The topological polar surface area (TPSA) is 68.1 Å². The molecule has 0 aliphatic heterocycles. The summed E-state index contributed by atoms with van der Waals surface area (Å²) in [7, 11) is 0. The molecule has 3 rings (SSSR count). The van der Waals surface area contributed by atoms with Gasteiger partial charge < -0.3 is 5.32 Å². The van der Waals surface area contributed by atoms with E-state index in [1.54, 1.807) is 6.07 Å². The van der Waals surface area contributed by atoms with Gasteiger partial charge in [-0.05, 0) is 24.6 Å². The molecule has 7 heteroatoms. The number of aryl methyl sites for hydroxylation is 1. The molecule has 106 valence electrons. The van der Waals surface area contributed by atoms with Gasteiger partial charge in [-0.1, -0.05) is 29.5 Å². The maximum Gasteiger partial charge on any atom is 0.324 e. The number of hydrogen-bond donors (Lipinski definition) is 1. The van der Waals surface area contributed by atoms with Gasteiger partial charge in [0, 0.05) is 17.1 Å². The maximum absolute atomic E-state index is 10.7. The third-order valence-corrected chi connectivity index (χ3v) is 4.73. The van der Waals surface area contributed by atoms with Crippen molar-refractivity contribution in [3.05, 3.63) is 57.5 Å². The number of thiazole rings is 1. The minimum atomic E-state index is -0.382. The molecule has 2 heterocycles. The summed E-state index contributed by atoms with van der Waals surface area (Å²) in [6, 6.07) is 11.2. The lowest BCUT2D eigenvalue weighted by atomic mass is 10.2. The molecule has 0 atom stereocenters. The van der Waals surface area contributed by atoms with Gasteiger partial charge in [-0.15, -0.1) is 11.3 Å². The summed E-state index contributed by atoms with van der Waals surface area (Å²) in [5.41, 5.74) is 2.91. The van der Waals surface area contributed by atoms with Gasteiger partial charge >= 0.3 is 5.00 Å². The molecule has 0 fully saturated rings. The van der Waals surface area contributed by atoms with E-state index in [2.05, 4.69) is 10.3 Å². The first-order chi connectivity index (χ1) is 10.1. The van der Waals surface area contributed by atoms with Gasteiger partial charge in [0.15, 0.2) is 5.13 Å². The summed E-state index contributed by atoms with van der Waals surface area (Å²) in [6.45, 7) is 2.03. The number of nitro groups is 1. The van der Waals surface area contributed by atoms with Crippen LogP contribution in [0.1, 0.15) is 5.56 Å². The van der Waals surface area contributed by atoms with Crippen LogP contribution in [0.15, 0.2) is 41.8 Å². The molecule has 5 nitrogen and oxygen atoms in total. The second kappa shape index (κ2) is 5.63. The highest BCUT2D eigenvalue weighted by Crippen LogP contribution is 2.35. The lowest BCUT2D eigenvalue weighted by Gasteiger charge is -2.05. The normalized spacial score (nSPS) is 10.5. The zero-order valence-corrected chi connectivity index (χ0v) is 12.7. The Morgan fingerprint density at radius 1 is 1.24 bits per heavy atom. The number of para-hydroxylation sites is 1. The molecule has 0 amide bonds. The Hall–Kier alpha value is -2.25. The van der Waals surface area contributed by atoms with Crippen LogP contribution in [-0.4, -0.2) is 9.91 Å². The molecular formula is C14H11N3O2S2. The van der Waals surface area contributed by atoms with Gasteiger partial charge in [-0.3, -0.25) is 10.1 Å². The first-order valence-electron chi connectivity index (χ1n) is 6.16. The molecule has 0 spiro atoms. The number of aromatic nitrogens is 1. The molecule has 0 aliphatic rings. The van der Waals surface area contributed by atoms with Crippen LogP contribution in [0.3, 0.4) is 0 Å². The number of hydrogen-bond acceptors (Lipinski definition) is 6. The van der Waals surface area contributed by atoms with Crippen LogP contribution in [0.2, 0.25) is 0 Å². The van der Waals surface area contributed by atoms with Crippen LogP contribution < -0.4 is 5.32 Å². The van der Waals surface area contributed by atoms with Crippen LogP contribution in [-0.2, 0) is 0 Å². The Labute approximate surface area is 129 Å². The zero-order valence-electron chi connectivity index (χ0n) is 11.1. The highest BCUT2D eigenvalue weighted by Gasteiger charge is 2.13. The van der Waals surface area contributed by atoms with Crippen molar-refractivity contribution < 1.29 is 4.92 Å². The minimum Gasteiger partial charge on any atom is -0.331 e. The van der Waals surface area contributed by atoms with Crippen molar-refractivity contribution >= 4 is 38.5 Å². The zero-order chi connectivity index (χ0) is 14.8. The van der Waals surface area contributed by atoms with Gasteiger partial charge in [0.05, 0.1) is 15.5 Å². The van der Waals surface area contributed by atoms with Crippen LogP contribution in [0, 0.1) is 17.0 Å². The fourth-order valence-corrected chi connectivity index (χ4v) is 3.41. The number of rotatable bonds is 4. The molecule has 0 unspecified atom stereocenters. The average Bonchev–Trinajstić information content (AvgIpc) is 3.10. The van der Waals surface area contributed by atoms with Crippen molar-refractivity contribution in [3.8, 4) is 10.6 Å². The summed E-state index contributed by atoms with van der Waals surface area (Å²) in [4.78, 5) is 15.6. The van der Waals surface area contributed by atoms with E-state index in [1.165, 1.54) is 17.4 Å². The van der Waals surface area contributed by atoms with Crippen molar-refractivity contribution in [2.75, 3.05) is 5.32 Å². The second-order valence-corrected chi connectivity index (χ2v) is 6.29. The maximum atomic E-state index is 10.7. The number of benzene rings is 1. The summed E-state index contributed by atoms with van der Waals surface area (Å²) in [5.74, 6) is 0. The van der Waals surface area contributed by atoms with E-state index in [9.17, 15) is 10.1 Å². The molecule has 0 bridgehead atoms. The van der Waals surface area contributed by atoms with Crippen molar-refractivity contribution in [2.45, 2.75) is 6.92 Å². The van der Waals surface area contributed by atoms with Crippen molar-refractivity contribution in [1.82, 2.24) is 4.98 Å². The Bertz CT molecular complexity index is 795. The molecule has 3 aromatic rings. The molecule has 0 saturated heterocycles. The van der Waals surface area contributed by atoms with Crippen molar-refractivity contribution in [3.63, 3.8) is 0 Å². The monoisotopic (exact) mass is 317 g/mol. The van der Waals surface area contributed by atoms with E-state index in [0.29, 0.717) is 0 Å². The summed E-state index contributed by atoms with van der Waals surface area (Å²) >= 11 is 2.61. The summed E-state index contributed by atoms with van der Waals surface area (Å²) in [6.07, 6.45) is 0. The number of nitrogens with zero attached hydrogens (tertiary/aromatic N) is 2. The lowest BCUT2D eigenvalue weighted by molar-refractivity contribution is -0.380. The third-order valence-electron chi connectivity index (χ3n) is 2.92. The van der Waals surface area contributed by atoms with E-state index in [1.807, 2.05) is 36.6 Å². The van der Waals surface area contributed by atoms with Crippen LogP contribution in [0.4, 0.5) is 15.8 Å². The fraction of sp³-hybridized carbons (Fsp3) is 0.0714. The predicted molar refractivity (Wildman–Crippen MR) is 86.5 cm³/mol. The molecule has 0 radical (unpaired) electrons. The predicted octanol–water partition coefficient (Wildman–Crippen LogP) is 4.83. The molecule has 21 heavy (non-hydrogen) atoms. The Balaban J connectivity index is 1.83. The van der Waals surface area contributed by atoms with Crippen molar-refractivity contribution in [1.29, 1.82) is 0 Å². The van der Waals surface area contributed by atoms with E-state index < -0.39 is 0 Å². The molecule has 1 N–H and O–H groups in total. The van der Waals surface area contributed by atoms with Gasteiger partial charge in [0.25, 0.3) is 0 Å². The van der Waals surface area contributed by atoms with E-state index in [4.69, 9.17) is 0 Å². The average molecular weight is 317 g/mol. The first-order valence-corrected chi connectivity index (χ1v) is 7.86. The number of anilines is 2. The first kappa shape index (κ1) is 13.7. The van der Waals surface area contributed by atoms with E-state index >= 15 is 0 Å². The third kappa shape index (κ3) is 2.93. The molecule has 0 saturated carbocycles. The second-order valence-electron chi connectivity index (χ2n) is 4.37. The smallest absolute Gasteiger partial charge is 0.324 e. The molecule has 1 aromatic carbocycles. The Kier molecular flexibility index (Phi) is 3.68. The van der Waals surface area contributed by atoms with Gasteiger partial charge in [-0.25, -0.2) is 4.98 Å². The van der Waals surface area contributed by atoms with Crippen LogP contribution in [0.5, 0.6) is 0 Å². The molecule has 2 aromatic heterocycles. The summed E-state index contributed by atoms with van der Waals surface area (Å²) in [5, 5.41) is 16.8. The van der Waals surface area contributed by atoms with E-state index in [-0.39, 0.29) is 9.92 Å². The SMILES string of the molecule is Cc1ccccc1Nc1nc(-c2ccc([N+](=O)[O-])s2)cs1. The Morgan fingerprint density at radius 2 is 2.05 bits per heavy atom. The van der Waals surface area contributed by atoms with Crippen LogP contribution in [0.25, 0.3) is 10.6 Å². The molecular weight excluding hydrogens is 306 g/mol. The van der Waals surface area contributed by atoms with Crippen LogP contribution >= 0.6 is 22.7 Å². The quantitative estimate of drug-likeness (QED) is 0.552. The fourth-order valence-electron chi connectivity index (χ4n) is 1.84. The van der Waals surface area contributed by atoms with Gasteiger partial charge in [0.2, 0.25) is 0 Å². The minimum absolute atomic E-state index is 0.131. The number of thiophene rings is 1. The van der Waals surface area contributed by atoms with E-state index in [0.717, 1.165) is 38.3 Å². The Morgan fingerprint density at radius 3 is 2.76 bits per heavy atom. The standard InChI is InChI=1S/C14H11N3O2S2/c1-9-4-2-3-5-10(9)15-14-16-11(8-20-14)12-6-7-13(21-12)17(18)19/h2-8H,1H3,(H,15,16). The lowest BCUT2D eigenvalue weighted by Crippen LogP contribution is -1.91. The largest absolute Gasteiger partial charge is 0.331 e.